The fourth-order valence-electron chi connectivity index (χ4n) is 4.64. The van der Waals surface area contributed by atoms with E-state index in [9.17, 15) is 17.6 Å². The molecule has 2 aromatic heterocycles. The third-order valence-electron chi connectivity index (χ3n) is 6.88. The van der Waals surface area contributed by atoms with Crippen molar-refractivity contribution in [3.8, 4) is 22.8 Å². The highest BCUT2D eigenvalue weighted by Crippen LogP contribution is 2.37. The zero-order valence-electron chi connectivity index (χ0n) is 21.5. The highest BCUT2D eigenvalue weighted by molar-refractivity contribution is 7.15. The first-order valence-corrected chi connectivity index (χ1v) is 13.5. The van der Waals surface area contributed by atoms with Crippen molar-refractivity contribution in [2.24, 2.45) is 0 Å². The summed E-state index contributed by atoms with van der Waals surface area (Å²) in [6, 6.07) is 14.2. The monoisotopic (exact) mass is 575 g/mol. The van der Waals surface area contributed by atoms with Crippen molar-refractivity contribution in [1.82, 2.24) is 29.9 Å². The van der Waals surface area contributed by atoms with Crippen molar-refractivity contribution in [3.05, 3.63) is 76.2 Å². The number of allylic oxidation sites excluding steroid dienone is 2. The molecular weight excluding hydrogens is 549 g/mol. The predicted octanol–water partition coefficient (Wildman–Crippen LogP) is 5.95. The van der Waals surface area contributed by atoms with Gasteiger partial charge < -0.3 is 9.80 Å². The van der Waals surface area contributed by atoms with E-state index in [2.05, 4.69) is 15.1 Å². The number of aromatic nitrogens is 5. The first-order valence-electron chi connectivity index (χ1n) is 12.6. The Morgan fingerprint density at radius 3 is 2.15 bits per heavy atom. The summed E-state index contributed by atoms with van der Waals surface area (Å²) in [5.74, 6) is 0.924. The average Bonchev–Trinajstić information content (AvgIpc) is 3.46. The van der Waals surface area contributed by atoms with Crippen LogP contribution in [0.5, 0.6) is 0 Å². The molecular formula is C27H26F5N7S. The minimum atomic E-state index is -4.49. The van der Waals surface area contributed by atoms with Crippen molar-refractivity contribution in [2.45, 2.75) is 32.5 Å². The van der Waals surface area contributed by atoms with Crippen LogP contribution in [0.25, 0.3) is 22.8 Å². The molecule has 40 heavy (non-hydrogen) atoms. The molecule has 2 fully saturated rings. The van der Waals surface area contributed by atoms with Crippen LogP contribution in [0.2, 0.25) is 0 Å². The van der Waals surface area contributed by atoms with Gasteiger partial charge in [0.05, 0.1) is 6.54 Å². The van der Waals surface area contributed by atoms with E-state index in [-0.39, 0.29) is 10.5 Å². The van der Waals surface area contributed by atoms with E-state index in [1.165, 1.54) is 17.7 Å². The van der Waals surface area contributed by atoms with Crippen molar-refractivity contribution in [1.29, 1.82) is 0 Å². The van der Waals surface area contributed by atoms with Gasteiger partial charge in [-0.3, -0.25) is 4.70 Å². The molecule has 13 heteroatoms. The van der Waals surface area contributed by atoms with Crippen LogP contribution in [0.3, 0.4) is 0 Å². The van der Waals surface area contributed by atoms with E-state index in [4.69, 9.17) is 10.1 Å². The topological polar surface area (TPSA) is 63.0 Å². The molecule has 0 atom stereocenters. The molecule has 1 saturated heterocycles. The Balaban J connectivity index is 0.00000323. The van der Waals surface area contributed by atoms with Crippen LogP contribution in [0, 0.1) is 12.7 Å². The molecule has 1 aliphatic carbocycles. The molecule has 2 aromatic carbocycles. The smallest absolute Gasteiger partial charge is 0.370 e. The minimum absolute atomic E-state index is 0. The number of hydrogen-bond acceptors (Lipinski definition) is 7. The zero-order chi connectivity index (χ0) is 27.1. The molecule has 7 nitrogen and oxygen atoms in total. The summed E-state index contributed by atoms with van der Waals surface area (Å²) >= 11 is 0.578. The second-order valence-corrected chi connectivity index (χ2v) is 10.7. The molecule has 210 valence electrons. The van der Waals surface area contributed by atoms with Gasteiger partial charge in [0, 0.05) is 43.0 Å². The second-order valence-electron chi connectivity index (χ2n) is 9.70. The summed E-state index contributed by atoms with van der Waals surface area (Å²) in [6.45, 7) is 4.89. The normalized spacial score (nSPS) is 15.3. The lowest BCUT2D eigenvalue weighted by atomic mass is 10.1. The quantitative estimate of drug-likeness (QED) is 0.265. The van der Waals surface area contributed by atoms with Gasteiger partial charge in [0.2, 0.25) is 10.1 Å². The highest BCUT2D eigenvalue weighted by Gasteiger charge is 2.37. The van der Waals surface area contributed by atoms with E-state index >= 15 is 0 Å². The Hall–Kier alpha value is -3.87. The predicted molar refractivity (Wildman–Crippen MR) is 143 cm³/mol. The van der Waals surface area contributed by atoms with Gasteiger partial charge in [0.15, 0.2) is 11.6 Å². The standard InChI is InChI=1S/C27H25F4N7S.FH/c1-17-2-4-19(5-3-17)23-32-24(20-8-10-21(28)11-9-20)38(35-23)16-22(18-6-7-18)36-12-14-37(15-13-36)26-34-33-25(39-26)27(29,30)31;/h2-5,8-11H,6-7,12-16H2,1H3;1H. The number of rotatable bonds is 6. The van der Waals surface area contributed by atoms with Crippen molar-refractivity contribution in [2.75, 3.05) is 31.1 Å². The summed E-state index contributed by atoms with van der Waals surface area (Å²) in [5, 5.41) is 11.3. The molecule has 3 heterocycles. The minimum Gasteiger partial charge on any atom is -0.370 e. The van der Waals surface area contributed by atoms with E-state index in [1.54, 1.807) is 12.1 Å². The first kappa shape index (κ1) is 27.7. The fraction of sp³-hybridized carbons (Fsp3) is 0.333. The van der Waals surface area contributed by atoms with Gasteiger partial charge in [-0.2, -0.15) is 18.3 Å². The Morgan fingerprint density at radius 2 is 1.55 bits per heavy atom. The first-order chi connectivity index (χ1) is 18.7. The molecule has 0 radical (unpaired) electrons. The van der Waals surface area contributed by atoms with Gasteiger partial charge in [-0.25, -0.2) is 14.1 Å². The van der Waals surface area contributed by atoms with Crippen LogP contribution in [-0.4, -0.2) is 56.0 Å². The number of aryl methyl sites for hydroxylation is 1. The van der Waals surface area contributed by atoms with Crippen molar-refractivity contribution in [3.63, 3.8) is 0 Å². The number of halogens is 5. The second kappa shape index (κ2) is 11.0. The molecule has 1 aliphatic heterocycles. The maximum Gasteiger partial charge on any atom is 0.445 e. The Bertz CT molecular complexity index is 1500. The zero-order valence-corrected chi connectivity index (χ0v) is 22.3. The number of nitrogens with zero attached hydrogens (tertiary/aromatic N) is 7. The molecule has 6 rings (SSSR count). The van der Waals surface area contributed by atoms with Crippen molar-refractivity contribution >= 4 is 16.5 Å². The van der Waals surface area contributed by atoms with Crippen LogP contribution >= 0.6 is 11.3 Å². The van der Waals surface area contributed by atoms with Crippen LogP contribution in [-0.2, 0) is 12.7 Å². The lowest BCUT2D eigenvalue weighted by Gasteiger charge is -2.37. The SMILES string of the molecule is Cc1ccc(-c2nc(-c3ccc(F)cc3)n(CC(=C3CC3)N3CCN(c4nnc(C(F)(F)F)s4)CC3)n2)cc1.F. The maximum absolute atomic E-state index is 13.7. The Labute approximate surface area is 231 Å². The summed E-state index contributed by atoms with van der Waals surface area (Å²) in [5.41, 5.74) is 5.30. The number of benzene rings is 2. The van der Waals surface area contributed by atoms with Crippen molar-refractivity contribution < 1.29 is 22.3 Å². The van der Waals surface area contributed by atoms with Gasteiger partial charge in [0.1, 0.15) is 5.82 Å². The van der Waals surface area contributed by atoms with Gasteiger partial charge in [-0.05, 0) is 49.6 Å². The van der Waals surface area contributed by atoms with E-state index in [0.29, 0.717) is 60.8 Å². The molecule has 1 saturated carbocycles. The van der Waals surface area contributed by atoms with E-state index < -0.39 is 11.2 Å². The van der Waals surface area contributed by atoms with Crippen LogP contribution in [0.4, 0.5) is 27.4 Å². The van der Waals surface area contributed by atoms with E-state index in [0.717, 1.165) is 35.2 Å². The third kappa shape index (κ3) is 5.83. The molecule has 0 unspecified atom stereocenters. The molecule has 4 aromatic rings. The summed E-state index contributed by atoms with van der Waals surface area (Å²) in [4.78, 5) is 8.97. The lowest BCUT2D eigenvalue weighted by molar-refractivity contribution is -0.138. The Kier molecular flexibility index (Phi) is 7.58. The van der Waals surface area contributed by atoms with Gasteiger partial charge in [0.25, 0.3) is 0 Å². The van der Waals surface area contributed by atoms with Crippen LogP contribution < -0.4 is 4.90 Å². The van der Waals surface area contributed by atoms with Gasteiger partial charge >= 0.3 is 6.18 Å². The largest absolute Gasteiger partial charge is 0.445 e. The van der Waals surface area contributed by atoms with E-state index in [1.807, 2.05) is 40.8 Å². The number of piperazine rings is 1. The summed E-state index contributed by atoms with van der Waals surface area (Å²) in [6.07, 6.45) is -2.47. The Morgan fingerprint density at radius 1 is 0.900 bits per heavy atom. The van der Waals surface area contributed by atoms with Gasteiger partial charge in [-0.1, -0.05) is 41.2 Å². The fourth-order valence-corrected chi connectivity index (χ4v) is 5.41. The number of hydrogen-bond donors (Lipinski definition) is 0. The summed E-state index contributed by atoms with van der Waals surface area (Å²) in [7, 11) is 0. The molecule has 0 bridgehead atoms. The lowest BCUT2D eigenvalue weighted by Crippen LogP contribution is -2.46. The molecule has 0 spiro atoms. The summed E-state index contributed by atoms with van der Waals surface area (Å²) < 4.78 is 54.5. The number of anilines is 1. The van der Waals surface area contributed by atoms with Gasteiger partial charge in [-0.15, -0.1) is 10.2 Å². The molecule has 0 amide bonds. The highest BCUT2D eigenvalue weighted by atomic mass is 32.1. The van der Waals surface area contributed by atoms with Crippen LogP contribution in [0.15, 0.2) is 59.8 Å². The van der Waals surface area contributed by atoms with Crippen LogP contribution in [0.1, 0.15) is 23.4 Å². The number of alkyl halides is 3. The molecule has 0 N–H and O–H groups in total. The molecule has 2 aliphatic rings. The average molecular weight is 576 g/mol. The third-order valence-corrected chi connectivity index (χ3v) is 7.91. The maximum atomic E-state index is 13.7.